The molecule has 0 amide bonds. The number of carbonyl (C=O) groups is 2. The zero-order valence-electron chi connectivity index (χ0n) is 19.4. The topological polar surface area (TPSA) is 161 Å². The number of benzene rings is 2. The van der Waals surface area contributed by atoms with Crippen molar-refractivity contribution in [3.63, 3.8) is 0 Å². The highest BCUT2D eigenvalue weighted by Crippen LogP contribution is 2.12. The number of hydrogen-bond acceptors (Lipinski definition) is 7. The van der Waals surface area contributed by atoms with E-state index < -0.39 is 38.0 Å². The number of hydrogen-bond donors (Lipinski definition) is 3. The molecule has 0 spiro atoms. The Hall–Kier alpha value is -2.38. The molecule has 0 unspecified atom stereocenters. The van der Waals surface area contributed by atoms with Gasteiger partial charge in [-0.15, -0.1) is 3.89 Å². The molecule has 2 rings (SSSR count). The first-order valence-corrected chi connectivity index (χ1v) is 13.7. The van der Waals surface area contributed by atoms with Crippen molar-refractivity contribution in [3.05, 3.63) is 65.7 Å². The third kappa shape index (κ3) is 16.8. The standard InChI is InChI=1S/C13H20N2O4S.C7H7FO2S.C2H3ClO/c1-10-5-7-11(8-6-10)20(18,19)15-12(13(16)17)4-2-3-9-14;8-11(9,10)6-7-4-2-1-3-5-7;1-2(3)4/h5-8,12,15H,2-4,9,14H2,1H3,(H,16,17);1-5H,6H2;1H3/t12-;;/m0../s1. The summed E-state index contributed by atoms with van der Waals surface area (Å²) >= 11 is 4.64. The van der Waals surface area contributed by atoms with Gasteiger partial charge < -0.3 is 10.8 Å². The lowest BCUT2D eigenvalue weighted by molar-refractivity contribution is -0.139. The lowest BCUT2D eigenvalue weighted by Gasteiger charge is -2.14. The molecule has 35 heavy (non-hydrogen) atoms. The van der Waals surface area contributed by atoms with E-state index in [0.29, 0.717) is 24.9 Å². The third-order valence-corrected chi connectivity index (χ3v) is 6.22. The Morgan fingerprint density at radius 1 is 1.03 bits per heavy atom. The van der Waals surface area contributed by atoms with Crippen LogP contribution >= 0.6 is 11.6 Å². The van der Waals surface area contributed by atoms with Gasteiger partial charge in [-0.25, -0.2) is 8.42 Å². The minimum Gasteiger partial charge on any atom is -0.480 e. The van der Waals surface area contributed by atoms with Crippen molar-refractivity contribution in [2.24, 2.45) is 5.73 Å². The monoisotopic (exact) mass is 552 g/mol. The number of carbonyl (C=O) groups excluding carboxylic acids is 1. The highest BCUT2D eigenvalue weighted by Gasteiger charge is 2.24. The molecule has 0 fully saturated rings. The smallest absolute Gasteiger partial charge is 0.321 e. The van der Waals surface area contributed by atoms with Crippen LogP contribution in [0.15, 0.2) is 59.5 Å². The Balaban J connectivity index is 0.000000642. The van der Waals surface area contributed by atoms with E-state index in [-0.39, 0.29) is 16.6 Å². The van der Waals surface area contributed by atoms with Gasteiger partial charge in [-0.3, -0.25) is 9.59 Å². The number of carboxylic acids is 1. The molecule has 0 bridgehead atoms. The van der Waals surface area contributed by atoms with Gasteiger partial charge in [0.1, 0.15) is 11.8 Å². The predicted molar refractivity (Wildman–Crippen MR) is 133 cm³/mol. The van der Waals surface area contributed by atoms with Gasteiger partial charge in [-0.1, -0.05) is 54.4 Å². The fraction of sp³-hybridized carbons (Fsp3) is 0.364. The molecular weight excluding hydrogens is 523 g/mol. The zero-order valence-corrected chi connectivity index (χ0v) is 21.7. The van der Waals surface area contributed by atoms with E-state index in [1.807, 2.05) is 6.92 Å². The molecule has 0 saturated heterocycles. The maximum atomic E-state index is 12.1. The molecule has 0 aromatic heterocycles. The van der Waals surface area contributed by atoms with Crippen LogP contribution in [0.2, 0.25) is 0 Å². The second kappa shape index (κ2) is 16.3. The fourth-order valence-electron chi connectivity index (χ4n) is 2.47. The van der Waals surface area contributed by atoms with Crippen LogP contribution in [0.25, 0.3) is 0 Å². The molecule has 0 saturated carbocycles. The molecular formula is C22H30ClFN2O7S2. The summed E-state index contributed by atoms with van der Waals surface area (Å²) in [7, 11) is -8.20. The normalized spacial score (nSPS) is 11.8. The number of nitrogens with two attached hydrogens (primary N) is 1. The Morgan fingerprint density at radius 3 is 1.97 bits per heavy atom. The molecule has 4 N–H and O–H groups in total. The van der Waals surface area contributed by atoms with Gasteiger partial charge in [-0.05, 0) is 55.6 Å². The van der Waals surface area contributed by atoms with E-state index >= 15 is 0 Å². The van der Waals surface area contributed by atoms with Gasteiger partial charge in [-0.2, -0.15) is 13.1 Å². The van der Waals surface area contributed by atoms with Gasteiger partial charge in [0.2, 0.25) is 15.3 Å². The summed E-state index contributed by atoms with van der Waals surface area (Å²) in [4.78, 5) is 20.4. The van der Waals surface area contributed by atoms with Crippen LogP contribution in [-0.4, -0.2) is 45.7 Å². The molecule has 1 atom stereocenters. The van der Waals surface area contributed by atoms with Crippen molar-refractivity contribution >= 4 is 43.1 Å². The molecule has 196 valence electrons. The van der Waals surface area contributed by atoms with Crippen LogP contribution in [-0.2, 0) is 35.6 Å². The molecule has 0 aliphatic carbocycles. The molecule has 0 heterocycles. The molecule has 0 radical (unpaired) electrons. The predicted octanol–water partition coefficient (Wildman–Crippen LogP) is 3.11. The fourth-order valence-corrected chi connectivity index (χ4v) is 4.29. The Kier molecular flexibility index (Phi) is 15.2. The van der Waals surface area contributed by atoms with Crippen molar-refractivity contribution in [2.45, 2.75) is 49.8 Å². The largest absolute Gasteiger partial charge is 0.480 e. The van der Waals surface area contributed by atoms with E-state index in [1.54, 1.807) is 42.5 Å². The number of unbranched alkanes of at least 4 members (excludes halogenated alkanes) is 1. The Bertz CT molecular complexity index is 1120. The van der Waals surface area contributed by atoms with Crippen molar-refractivity contribution in [1.82, 2.24) is 4.72 Å². The van der Waals surface area contributed by atoms with Gasteiger partial charge >= 0.3 is 16.2 Å². The van der Waals surface area contributed by atoms with Crippen LogP contribution in [0.1, 0.15) is 37.3 Å². The second-order valence-corrected chi connectivity index (χ2v) is 10.9. The van der Waals surface area contributed by atoms with E-state index in [1.165, 1.54) is 19.1 Å². The third-order valence-electron chi connectivity index (χ3n) is 4.06. The Labute approximate surface area is 210 Å². The van der Waals surface area contributed by atoms with Gasteiger partial charge in [0.15, 0.2) is 0 Å². The number of sulfonamides is 1. The van der Waals surface area contributed by atoms with Crippen molar-refractivity contribution < 1.29 is 35.4 Å². The summed E-state index contributed by atoms with van der Waals surface area (Å²) in [6.45, 7) is 3.59. The van der Waals surface area contributed by atoms with Gasteiger partial charge in [0.25, 0.3) is 0 Å². The van der Waals surface area contributed by atoms with E-state index in [2.05, 4.69) is 16.3 Å². The summed E-state index contributed by atoms with van der Waals surface area (Å²) in [6, 6.07) is 13.3. The lowest BCUT2D eigenvalue weighted by Crippen LogP contribution is -2.40. The van der Waals surface area contributed by atoms with Gasteiger partial charge in [0.05, 0.1) is 4.90 Å². The van der Waals surface area contributed by atoms with Crippen LogP contribution in [0.5, 0.6) is 0 Å². The van der Waals surface area contributed by atoms with E-state index in [4.69, 9.17) is 10.8 Å². The average molecular weight is 553 g/mol. The summed E-state index contributed by atoms with van der Waals surface area (Å²) in [5, 5.41) is 8.71. The highest BCUT2D eigenvalue weighted by molar-refractivity contribution is 7.89. The lowest BCUT2D eigenvalue weighted by atomic mass is 10.1. The molecule has 0 aliphatic heterocycles. The highest BCUT2D eigenvalue weighted by atomic mass is 35.5. The van der Waals surface area contributed by atoms with E-state index in [0.717, 1.165) is 5.56 Å². The first-order valence-electron chi connectivity index (χ1n) is 10.3. The summed E-state index contributed by atoms with van der Waals surface area (Å²) in [5.41, 5.74) is 6.74. The zero-order chi connectivity index (χ0) is 27.1. The number of rotatable bonds is 10. The van der Waals surface area contributed by atoms with Crippen molar-refractivity contribution in [1.29, 1.82) is 0 Å². The van der Waals surface area contributed by atoms with Crippen LogP contribution < -0.4 is 10.5 Å². The molecule has 2 aromatic carbocycles. The Morgan fingerprint density at radius 2 is 1.54 bits per heavy atom. The maximum Gasteiger partial charge on any atom is 0.321 e. The quantitative estimate of drug-likeness (QED) is 0.299. The molecule has 9 nitrogen and oxygen atoms in total. The number of aryl methyl sites for hydroxylation is 1. The number of halogens is 2. The van der Waals surface area contributed by atoms with E-state index in [9.17, 15) is 30.3 Å². The number of aliphatic carboxylic acids is 1. The minimum absolute atomic E-state index is 0.0631. The van der Waals surface area contributed by atoms with Crippen LogP contribution in [0.3, 0.4) is 0 Å². The van der Waals surface area contributed by atoms with Crippen molar-refractivity contribution in [3.8, 4) is 0 Å². The van der Waals surface area contributed by atoms with Crippen LogP contribution in [0.4, 0.5) is 3.89 Å². The number of carboxylic acid groups (broad SMARTS) is 1. The second-order valence-electron chi connectivity index (χ2n) is 7.25. The molecule has 0 aliphatic rings. The summed E-state index contributed by atoms with van der Waals surface area (Å²) < 4.78 is 58.7. The first-order chi connectivity index (χ1) is 16.2. The molecule has 13 heteroatoms. The molecule has 2 aromatic rings. The van der Waals surface area contributed by atoms with Gasteiger partial charge in [0, 0.05) is 6.92 Å². The summed E-state index contributed by atoms with van der Waals surface area (Å²) in [5.74, 6) is -1.72. The SMILES string of the molecule is CC(=O)Cl.Cc1ccc(S(=O)(=O)N[C@@H](CCCCN)C(=O)O)cc1.O=S(=O)(F)Cc1ccccc1. The average Bonchev–Trinajstić information content (AvgIpc) is 2.73. The van der Waals surface area contributed by atoms with Crippen LogP contribution in [0, 0.1) is 6.92 Å². The first kappa shape index (κ1) is 32.6. The van der Waals surface area contributed by atoms with Crippen molar-refractivity contribution in [2.75, 3.05) is 6.54 Å². The maximum absolute atomic E-state index is 12.1. The summed E-state index contributed by atoms with van der Waals surface area (Å²) in [6.07, 6.45) is 1.44. The number of nitrogens with one attached hydrogen (secondary N) is 1. The minimum atomic E-state index is -4.38.